The van der Waals surface area contributed by atoms with Crippen molar-refractivity contribution >= 4 is 44.6 Å². The topological polar surface area (TPSA) is 50.3 Å². The van der Waals surface area contributed by atoms with Gasteiger partial charge >= 0.3 is 0 Å². The van der Waals surface area contributed by atoms with Gasteiger partial charge in [-0.3, -0.25) is 4.98 Å². The summed E-state index contributed by atoms with van der Waals surface area (Å²) in [6.07, 6.45) is 1.91. The number of fused-ring (bicyclic) bond motifs is 2. The van der Waals surface area contributed by atoms with E-state index in [-0.39, 0.29) is 0 Å². The molecule has 0 amide bonds. The first-order chi connectivity index (χ1) is 21.8. The molecule has 45 heavy (non-hydrogen) atoms. The van der Waals surface area contributed by atoms with Crippen LogP contribution >= 0.6 is 7.92 Å². The molecular formula is C39H35N2O2PS. The summed E-state index contributed by atoms with van der Waals surface area (Å²) in [5.41, 5.74) is 8.75. The summed E-state index contributed by atoms with van der Waals surface area (Å²) in [7, 11) is -4.69. The molecule has 1 aliphatic rings. The van der Waals surface area contributed by atoms with Crippen molar-refractivity contribution in [3.05, 3.63) is 149 Å². The van der Waals surface area contributed by atoms with Crippen LogP contribution in [0.25, 0.3) is 22.0 Å². The van der Waals surface area contributed by atoms with Gasteiger partial charge in [0.25, 0.3) is 0 Å². The molecule has 1 aliphatic heterocycles. The molecule has 0 radical (unpaired) electrons. The van der Waals surface area contributed by atoms with Gasteiger partial charge in [0.2, 0.25) is 10.0 Å². The zero-order chi connectivity index (χ0) is 31.3. The number of pyridine rings is 1. The number of hydrogen-bond donors (Lipinski definition) is 0. The molecule has 2 heterocycles. The lowest BCUT2D eigenvalue weighted by molar-refractivity contribution is 0.431. The van der Waals surface area contributed by atoms with Crippen LogP contribution < -0.4 is 15.9 Å². The average Bonchev–Trinajstić information content (AvgIpc) is 3.52. The Morgan fingerprint density at radius 3 is 1.89 bits per heavy atom. The first-order valence-electron chi connectivity index (χ1n) is 15.2. The number of hydrogen-bond acceptors (Lipinski definition) is 3. The van der Waals surface area contributed by atoms with Gasteiger partial charge in [0, 0.05) is 30.2 Å². The number of rotatable bonds is 6. The van der Waals surface area contributed by atoms with E-state index < -0.39 is 17.9 Å². The third-order valence-electron chi connectivity index (χ3n) is 9.05. The van der Waals surface area contributed by atoms with Crippen LogP contribution in [-0.2, 0) is 23.1 Å². The minimum Gasteiger partial charge on any atom is -0.256 e. The first-order valence-corrected chi connectivity index (χ1v) is 18.0. The lowest BCUT2D eigenvalue weighted by Gasteiger charge is -2.28. The Bertz CT molecular complexity index is 2120. The normalized spacial score (nSPS) is 13.4. The van der Waals surface area contributed by atoms with Crippen LogP contribution in [0.1, 0.15) is 33.4 Å². The Morgan fingerprint density at radius 1 is 0.667 bits per heavy atom. The highest BCUT2D eigenvalue weighted by atomic mass is 32.2. The molecule has 0 fully saturated rings. The summed E-state index contributed by atoms with van der Waals surface area (Å²) in [6.45, 7) is 9.16. The van der Waals surface area contributed by atoms with Crippen LogP contribution in [0.3, 0.4) is 0 Å². The maximum absolute atomic E-state index is 14.0. The van der Waals surface area contributed by atoms with Gasteiger partial charge in [0.15, 0.2) is 0 Å². The van der Waals surface area contributed by atoms with Gasteiger partial charge in [-0.05, 0) is 103 Å². The second-order valence-corrected chi connectivity index (χ2v) is 15.9. The van der Waals surface area contributed by atoms with Gasteiger partial charge in [0.05, 0.1) is 10.6 Å². The van der Waals surface area contributed by atoms with Gasteiger partial charge in [-0.1, -0.05) is 96.6 Å². The standard InChI is InChI=1S/C39H35N2O2PS/c1-26-18-20-33(21-19-26)45(42,43)41-24-34-28(3)37(38-36-27(2)12-11-13-30(36)22-23-40-38)39(29(4)35(34)25-41)44(31-14-7-5-8-15-31)32-16-9-6-10-17-32/h5-23H,24-25H2,1-4H3. The molecule has 5 aromatic carbocycles. The van der Waals surface area contributed by atoms with Crippen molar-refractivity contribution < 1.29 is 8.42 Å². The molecule has 0 saturated carbocycles. The Morgan fingerprint density at radius 2 is 1.27 bits per heavy atom. The van der Waals surface area contributed by atoms with Crippen molar-refractivity contribution in [1.82, 2.24) is 9.29 Å². The molecular weight excluding hydrogens is 591 g/mol. The SMILES string of the molecule is Cc1ccc(S(=O)(=O)N2Cc3c(C)c(-c4nccc5cccc(C)c45)c(P(c4ccccc4)c4ccccc4)c(C)c3C2)cc1. The van der Waals surface area contributed by atoms with Gasteiger partial charge in [-0.25, -0.2) is 8.42 Å². The highest BCUT2D eigenvalue weighted by Gasteiger charge is 2.37. The molecule has 1 aromatic heterocycles. The van der Waals surface area contributed by atoms with Crippen molar-refractivity contribution in [2.75, 3.05) is 0 Å². The maximum atomic E-state index is 14.0. The Kier molecular flexibility index (Phi) is 7.65. The van der Waals surface area contributed by atoms with Crippen LogP contribution in [0.5, 0.6) is 0 Å². The third kappa shape index (κ3) is 5.10. The van der Waals surface area contributed by atoms with Crippen molar-refractivity contribution in [3.63, 3.8) is 0 Å². The van der Waals surface area contributed by atoms with E-state index in [9.17, 15) is 8.42 Å². The second-order valence-electron chi connectivity index (χ2n) is 11.9. The highest BCUT2D eigenvalue weighted by Crippen LogP contribution is 2.45. The summed E-state index contributed by atoms with van der Waals surface area (Å²) in [5, 5.41) is 6.04. The third-order valence-corrected chi connectivity index (χ3v) is 13.5. The summed E-state index contributed by atoms with van der Waals surface area (Å²) in [6, 6.07) is 37.1. The van der Waals surface area contributed by atoms with E-state index in [1.54, 1.807) is 16.4 Å². The summed E-state index contributed by atoms with van der Waals surface area (Å²) >= 11 is 0. The Hall–Kier alpha value is -4.15. The second kappa shape index (κ2) is 11.7. The molecule has 7 rings (SSSR count). The van der Waals surface area contributed by atoms with Crippen LogP contribution in [-0.4, -0.2) is 17.7 Å². The van der Waals surface area contributed by atoms with E-state index in [1.807, 2.05) is 25.3 Å². The lowest BCUT2D eigenvalue weighted by atomic mass is 9.90. The van der Waals surface area contributed by atoms with Gasteiger partial charge in [-0.2, -0.15) is 4.31 Å². The van der Waals surface area contributed by atoms with Crippen molar-refractivity contribution in [3.8, 4) is 11.3 Å². The van der Waals surface area contributed by atoms with Crippen LogP contribution in [0, 0.1) is 27.7 Å². The zero-order valence-corrected chi connectivity index (χ0v) is 27.7. The molecule has 0 saturated heterocycles. The molecule has 0 unspecified atom stereocenters. The van der Waals surface area contributed by atoms with Gasteiger partial charge in [0.1, 0.15) is 0 Å². The number of nitrogens with zero attached hydrogens (tertiary/aromatic N) is 2. The van der Waals surface area contributed by atoms with E-state index >= 15 is 0 Å². The Balaban J connectivity index is 1.53. The van der Waals surface area contributed by atoms with E-state index in [1.165, 1.54) is 21.5 Å². The number of sulfonamides is 1. The minimum absolute atomic E-state index is 0.332. The smallest absolute Gasteiger partial charge is 0.243 e. The molecule has 6 aromatic rings. The lowest BCUT2D eigenvalue weighted by Crippen LogP contribution is -2.27. The molecule has 0 N–H and O–H groups in total. The predicted octanol–water partition coefficient (Wildman–Crippen LogP) is 7.60. The summed E-state index contributed by atoms with van der Waals surface area (Å²) in [4.78, 5) is 5.43. The molecule has 0 aliphatic carbocycles. The molecule has 6 heteroatoms. The number of aromatic nitrogens is 1. The molecule has 224 valence electrons. The molecule has 0 spiro atoms. The van der Waals surface area contributed by atoms with Crippen LogP contribution in [0.4, 0.5) is 0 Å². The average molecular weight is 627 g/mol. The van der Waals surface area contributed by atoms with Crippen molar-refractivity contribution in [2.24, 2.45) is 0 Å². The minimum atomic E-state index is -3.69. The molecule has 0 atom stereocenters. The van der Waals surface area contributed by atoms with Gasteiger partial charge in [-0.15, -0.1) is 0 Å². The van der Waals surface area contributed by atoms with Crippen molar-refractivity contribution in [2.45, 2.75) is 45.7 Å². The maximum Gasteiger partial charge on any atom is 0.243 e. The van der Waals surface area contributed by atoms with E-state index in [2.05, 4.69) is 106 Å². The van der Waals surface area contributed by atoms with E-state index in [0.29, 0.717) is 18.0 Å². The fraction of sp³-hybridized carbons (Fsp3) is 0.154. The first kappa shape index (κ1) is 29.6. The number of aryl methyl sites for hydroxylation is 2. The predicted molar refractivity (Wildman–Crippen MR) is 188 cm³/mol. The molecule has 4 nitrogen and oxygen atoms in total. The van der Waals surface area contributed by atoms with Gasteiger partial charge < -0.3 is 0 Å². The number of benzene rings is 5. The largest absolute Gasteiger partial charge is 0.256 e. The van der Waals surface area contributed by atoms with Crippen LogP contribution in [0.2, 0.25) is 0 Å². The fourth-order valence-corrected chi connectivity index (χ4v) is 10.8. The quantitative estimate of drug-likeness (QED) is 0.179. The Labute approximate surface area is 267 Å². The molecule has 0 bridgehead atoms. The fourth-order valence-electron chi connectivity index (χ4n) is 6.71. The van der Waals surface area contributed by atoms with E-state index in [4.69, 9.17) is 4.98 Å². The summed E-state index contributed by atoms with van der Waals surface area (Å²) in [5.74, 6) is 0. The van der Waals surface area contributed by atoms with Crippen molar-refractivity contribution in [1.29, 1.82) is 0 Å². The monoisotopic (exact) mass is 626 g/mol. The van der Waals surface area contributed by atoms with E-state index in [0.717, 1.165) is 49.8 Å². The summed E-state index contributed by atoms with van der Waals surface area (Å²) < 4.78 is 29.6. The van der Waals surface area contributed by atoms with Crippen LogP contribution in [0.15, 0.2) is 120 Å². The zero-order valence-electron chi connectivity index (χ0n) is 26.0. The highest BCUT2D eigenvalue weighted by molar-refractivity contribution is 7.89.